The Kier molecular flexibility index (Phi) is 3.24. The molecule has 3 rings (SSSR count). The summed E-state index contributed by atoms with van der Waals surface area (Å²) in [6.07, 6.45) is 1.78. The zero-order valence-electron chi connectivity index (χ0n) is 10.5. The molecule has 19 heavy (non-hydrogen) atoms. The van der Waals surface area contributed by atoms with Crippen molar-refractivity contribution >= 4 is 11.5 Å². The third-order valence-electron chi connectivity index (χ3n) is 2.93. The first-order valence-corrected chi connectivity index (χ1v) is 6.25. The summed E-state index contributed by atoms with van der Waals surface area (Å²) in [4.78, 5) is 4.24. The maximum Gasteiger partial charge on any atom is 0.130 e. The van der Waals surface area contributed by atoms with E-state index in [1.807, 2.05) is 24.3 Å². The monoisotopic (exact) mass is 246 g/mol. The minimum atomic E-state index is 0.856. The molecule has 0 aliphatic rings. The molecule has 2 nitrogen and oxygen atoms in total. The lowest BCUT2D eigenvalue weighted by Gasteiger charge is -2.06. The molecule has 0 spiro atoms. The van der Waals surface area contributed by atoms with Crippen molar-refractivity contribution in [3.8, 4) is 11.1 Å². The van der Waals surface area contributed by atoms with Crippen molar-refractivity contribution < 1.29 is 0 Å². The van der Waals surface area contributed by atoms with Gasteiger partial charge in [0.2, 0.25) is 0 Å². The molecule has 2 aromatic carbocycles. The second-order valence-corrected chi connectivity index (χ2v) is 4.28. The van der Waals surface area contributed by atoms with Gasteiger partial charge in [0.25, 0.3) is 0 Å². The first-order chi connectivity index (χ1) is 9.42. The van der Waals surface area contributed by atoms with E-state index in [-0.39, 0.29) is 0 Å². The normalized spacial score (nSPS) is 10.1. The van der Waals surface area contributed by atoms with E-state index in [2.05, 4.69) is 58.8 Å². The van der Waals surface area contributed by atoms with Crippen LogP contribution in [0.5, 0.6) is 0 Å². The van der Waals surface area contributed by atoms with Crippen LogP contribution in [0.2, 0.25) is 0 Å². The molecule has 0 radical (unpaired) electrons. The van der Waals surface area contributed by atoms with Crippen molar-refractivity contribution in [1.82, 2.24) is 4.98 Å². The Morgan fingerprint density at radius 1 is 0.632 bits per heavy atom. The number of aromatic nitrogens is 1. The molecule has 0 amide bonds. The summed E-state index contributed by atoms with van der Waals surface area (Å²) in [5.74, 6) is 0.856. The van der Waals surface area contributed by atoms with E-state index < -0.39 is 0 Å². The van der Waals surface area contributed by atoms with Crippen LogP contribution in [-0.4, -0.2) is 4.98 Å². The molecule has 3 aromatic rings. The van der Waals surface area contributed by atoms with E-state index in [1.54, 1.807) is 6.20 Å². The molecule has 1 N–H and O–H groups in total. The summed E-state index contributed by atoms with van der Waals surface area (Å²) >= 11 is 0. The Bertz CT molecular complexity index is 631. The summed E-state index contributed by atoms with van der Waals surface area (Å²) in [6.45, 7) is 0. The quantitative estimate of drug-likeness (QED) is 0.736. The molecule has 0 saturated heterocycles. The Labute approximate surface area is 112 Å². The third-order valence-corrected chi connectivity index (χ3v) is 2.93. The minimum Gasteiger partial charge on any atom is -0.340 e. The van der Waals surface area contributed by atoms with Crippen molar-refractivity contribution in [1.29, 1.82) is 0 Å². The van der Waals surface area contributed by atoms with Crippen LogP contribution in [0.15, 0.2) is 79.0 Å². The van der Waals surface area contributed by atoms with Crippen molar-refractivity contribution in [2.45, 2.75) is 0 Å². The van der Waals surface area contributed by atoms with Crippen LogP contribution < -0.4 is 5.32 Å². The van der Waals surface area contributed by atoms with Gasteiger partial charge >= 0.3 is 0 Å². The van der Waals surface area contributed by atoms with E-state index in [9.17, 15) is 0 Å². The summed E-state index contributed by atoms with van der Waals surface area (Å²) in [5.41, 5.74) is 3.48. The predicted octanol–water partition coefficient (Wildman–Crippen LogP) is 4.49. The van der Waals surface area contributed by atoms with E-state index >= 15 is 0 Å². The van der Waals surface area contributed by atoms with Crippen LogP contribution >= 0.6 is 0 Å². The first kappa shape index (κ1) is 11.5. The molecule has 2 heteroatoms. The summed E-state index contributed by atoms with van der Waals surface area (Å²) in [7, 11) is 0. The highest BCUT2D eigenvalue weighted by Crippen LogP contribution is 2.22. The number of pyridine rings is 1. The molecule has 0 aliphatic carbocycles. The fourth-order valence-corrected chi connectivity index (χ4v) is 1.96. The molecule has 0 saturated carbocycles. The second-order valence-electron chi connectivity index (χ2n) is 4.28. The summed E-state index contributed by atoms with van der Waals surface area (Å²) in [5, 5.41) is 3.27. The molecule has 92 valence electrons. The van der Waals surface area contributed by atoms with Crippen LogP contribution in [0, 0.1) is 0 Å². The highest BCUT2D eigenvalue weighted by atomic mass is 15.0. The fourth-order valence-electron chi connectivity index (χ4n) is 1.96. The maximum atomic E-state index is 4.24. The Morgan fingerprint density at radius 2 is 1.32 bits per heavy atom. The number of hydrogen-bond donors (Lipinski definition) is 1. The smallest absolute Gasteiger partial charge is 0.130 e. The van der Waals surface area contributed by atoms with E-state index in [0.717, 1.165) is 11.5 Å². The van der Waals surface area contributed by atoms with Crippen LogP contribution in [0.3, 0.4) is 0 Å². The van der Waals surface area contributed by atoms with Gasteiger partial charge in [0.15, 0.2) is 0 Å². The standard InChI is InChI=1S/C17H14N2/c1-2-6-14(7-3-1)15-9-11-16(12-10-15)19-17-8-4-5-13-18-17/h1-13H,(H,18,19). The lowest BCUT2D eigenvalue weighted by molar-refractivity contribution is 1.31. The summed E-state index contributed by atoms with van der Waals surface area (Å²) < 4.78 is 0. The van der Waals surface area contributed by atoms with Crippen LogP contribution in [0.4, 0.5) is 11.5 Å². The van der Waals surface area contributed by atoms with Crippen LogP contribution in [0.25, 0.3) is 11.1 Å². The predicted molar refractivity (Wildman–Crippen MR) is 79.4 cm³/mol. The van der Waals surface area contributed by atoms with Gasteiger partial charge in [0, 0.05) is 11.9 Å². The van der Waals surface area contributed by atoms with Crippen molar-refractivity contribution in [2.24, 2.45) is 0 Å². The number of rotatable bonds is 3. The van der Waals surface area contributed by atoms with Crippen molar-refractivity contribution in [3.05, 3.63) is 79.0 Å². The molecule has 0 aliphatic heterocycles. The second kappa shape index (κ2) is 5.36. The summed E-state index contributed by atoms with van der Waals surface area (Å²) in [6, 6.07) is 24.5. The average Bonchev–Trinajstić information content (AvgIpc) is 2.50. The van der Waals surface area contributed by atoms with Crippen LogP contribution in [-0.2, 0) is 0 Å². The topological polar surface area (TPSA) is 24.9 Å². The molecule has 0 atom stereocenters. The maximum absolute atomic E-state index is 4.24. The zero-order chi connectivity index (χ0) is 12.9. The van der Waals surface area contributed by atoms with E-state index in [0.29, 0.717) is 0 Å². The largest absolute Gasteiger partial charge is 0.340 e. The lowest BCUT2D eigenvalue weighted by atomic mass is 10.1. The Balaban J connectivity index is 1.80. The van der Waals surface area contributed by atoms with Gasteiger partial charge in [-0.15, -0.1) is 0 Å². The SMILES string of the molecule is c1ccc(-c2ccc(Nc3ccccn3)cc2)cc1. The number of hydrogen-bond acceptors (Lipinski definition) is 2. The number of anilines is 2. The minimum absolute atomic E-state index is 0.856. The molecule has 1 aromatic heterocycles. The van der Waals surface area contributed by atoms with Crippen molar-refractivity contribution in [3.63, 3.8) is 0 Å². The molecule has 1 heterocycles. The number of nitrogens with one attached hydrogen (secondary N) is 1. The lowest BCUT2D eigenvalue weighted by Crippen LogP contribution is -1.92. The van der Waals surface area contributed by atoms with Gasteiger partial charge < -0.3 is 5.32 Å². The van der Waals surface area contributed by atoms with Crippen LogP contribution in [0.1, 0.15) is 0 Å². The molecule has 0 unspecified atom stereocenters. The molecule has 0 bridgehead atoms. The van der Waals surface area contributed by atoms with Gasteiger partial charge in [-0.05, 0) is 35.4 Å². The average molecular weight is 246 g/mol. The van der Waals surface area contributed by atoms with Gasteiger partial charge in [-0.1, -0.05) is 48.5 Å². The van der Waals surface area contributed by atoms with E-state index in [4.69, 9.17) is 0 Å². The zero-order valence-corrected chi connectivity index (χ0v) is 10.5. The molecular weight excluding hydrogens is 232 g/mol. The fraction of sp³-hybridized carbons (Fsp3) is 0. The van der Waals surface area contributed by atoms with Gasteiger partial charge in [0.1, 0.15) is 5.82 Å². The van der Waals surface area contributed by atoms with Gasteiger partial charge in [-0.3, -0.25) is 0 Å². The molecular formula is C17H14N2. The molecule has 0 fully saturated rings. The number of nitrogens with zero attached hydrogens (tertiary/aromatic N) is 1. The van der Waals surface area contributed by atoms with Gasteiger partial charge in [0.05, 0.1) is 0 Å². The highest BCUT2D eigenvalue weighted by Gasteiger charge is 1.98. The van der Waals surface area contributed by atoms with Crippen molar-refractivity contribution in [2.75, 3.05) is 5.32 Å². The van der Waals surface area contributed by atoms with Gasteiger partial charge in [-0.2, -0.15) is 0 Å². The Morgan fingerprint density at radius 3 is 2.00 bits per heavy atom. The third kappa shape index (κ3) is 2.80. The number of benzene rings is 2. The van der Waals surface area contributed by atoms with E-state index in [1.165, 1.54) is 11.1 Å². The first-order valence-electron chi connectivity index (χ1n) is 6.25. The Hall–Kier alpha value is -2.61. The highest BCUT2D eigenvalue weighted by molar-refractivity contribution is 5.67. The van der Waals surface area contributed by atoms with Gasteiger partial charge in [-0.25, -0.2) is 4.98 Å².